The average molecular weight is 380 g/mol. The number of amides is 2. The van der Waals surface area contributed by atoms with Crippen LogP contribution in [0.2, 0.25) is 0 Å². The fourth-order valence-corrected chi connectivity index (χ4v) is 2.47. The van der Waals surface area contributed by atoms with Gasteiger partial charge in [-0.05, 0) is 36.4 Å². The monoisotopic (exact) mass is 380 g/mol. The molecular weight excluding hydrogens is 365 g/mol. The molecule has 1 aliphatic heterocycles. The Labute approximate surface area is 152 Å². The summed E-state index contributed by atoms with van der Waals surface area (Å²) >= 11 is 0. The quantitative estimate of drug-likeness (QED) is 0.782. The smallest absolute Gasteiger partial charge is 0.416 e. The van der Waals surface area contributed by atoms with Gasteiger partial charge in [0.1, 0.15) is 0 Å². The van der Waals surface area contributed by atoms with Gasteiger partial charge < -0.3 is 20.1 Å². The van der Waals surface area contributed by atoms with E-state index in [0.29, 0.717) is 17.1 Å². The summed E-state index contributed by atoms with van der Waals surface area (Å²) in [6, 6.07) is 8.81. The van der Waals surface area contributed by atoms with Crippen LogP contribution in [0, 0.1) is 0 Å². The van der Waals surface area contributed by atoms with Gasteiger partial charge in [0.05, 0.1) is 11.1 Å². The van der Waals surface area contributed by atoms with Crippen molar-refractivity contribution in [3.05, 3.63) is 59.2 Å². The Hall–Kier alpha value is -3.23. The van der Waals surface area contributed by atoms with E-state index in [1.165, 1.54) is 0 Å². The predicted molar refractivity (Wildman–Crippen MR) is 88.7 cm³/mol. The Balaban J connectivity index is 1.48. The normalized spacial score (nSPS) is 12.6. The van der Waals surface area contributed by atoms with Crippen molar-refractivity contribution in [2.45, 2.75) is 6.18 Å². The van der Waals surface area contributed by atoms with Gasteiger partial charge in [0.15, 0.2) is 11.5 Å². The molecule has 6 nitrogen and oxygen atoms in total. The highest BCUT2D eigenvalue weighted by molar-refractivity contribution is 5.98. The molecule has 0 saturated carbocycles. The molecule has 0 atom stereocenters. The van der Waals surface area contributed by atoms with E-state index in [9.17, 15) is 22.8 Å². The summed E-state index contributed by atoms with van der Waals surface area (Å²) in [6.45, 7) is 0.288. The van der Waals surface area contributed by atoms with Gasteiger partial charge in [0.25, 0.3) is 11.8 Å². The Morgan fingerprint density at radius 2 is 1.59 bits per heavy atom. The number of carbonyl (C=O) groups is 2. The van der Waals surface area contributed by atoms with Gasteiger partial charge in [-0.2, -0.15) is 13.2 Å². The number of halogens is 3. The van der Waals surface area contributed by atoms with E-state index >= 15 is 0 Å². The molecule has 9 heteroatoms. The molecule has 3 rings (SSSR count). The van der Waals surface area contributed by atoms with Crippen LogP contribution in [0.25, 0.3) is 0 Å². The topological polar surface area (TPSA) is 76.7 Å². The maximum Gasteiger partial charge on any atom is 0.416 e. The Morgan fingerprint density at radius 1 is 0.926 bits per heavy atom. The van der Waals surface area contributed by atoms with Crippen LogP contribution in [0.15, 0.2) is 42.5 Å². The first-order chi connectivity index (χ1) is 12.9. The summed E-state index contributed by atoms with van der Waals surface area (Å²) in [5, 5.41) is 5.15. The average Bonchev–Trinajstić information content (AvgIpc) is 3.13. The largest absolute Gasteiger partial charge is 0.454 e. The molecule has 1 aliphatic rings. The van der Waals surface area contributed by atoms with Crippen molar-refractivity contribution in [2.75, 3.05) is 19.9 Å². The number of fused-ring (bicyclic) bond motifs is 1. The van der Waals surface area contributed by atoms with Crippen molar-refractivity contribution >= 4 is 11.8 Å². The number of hydrogen-bond donors (Lipinski definition) is 2. The molecule has 0 aromatic heterocycles. The lowest BCUT2D eigenvalue weighted by Crippen LogP contribution is -2.34. The van der Waals surface area contributed by atoms with Crippen molar-refractivity contribution in [2.24, 2.45) is 0 Å². The van der Waals surface area contributed by atoms with Crippen LogP contribution in [0.5, 0.6) is 11.5 Å². The zero-order chi connectivity index (χ0) is 19.4. The van der Waals surface area contributed by atoms with Crippen molar-refractivity contribution in [1.29, 1.82) is 0 Å². The van der Waals surface area contributed by atoms with Crippen molar-refractivity contribution in [3.63, 3.8) is 0 Å². The van der Waals surface area contributed by atoms with Crippen LogP contribution in [-0.2, 0) is 6.18 Å². The minimum Gasteiger partial charge on any atom is -0.454 e. The molecule has 0 unspecified atom stereocenters. The van der Waals surface area contributed by atoms with Gasteiger partial charge in [0, 0.05) is 18.7 Å². The Morgan fingerprint density at radius 3 is 2.26 bits per heavy atom. The Bertz CT molecular complexity index is 851. The van der Waals surface area contributed by atoms with Gasteiger partial charge >= 0.3 is 6.18 Å². The number of nitrogens with one attached hydrogen (secondary N) is 2. The lowest BCUT2D eigenvalue weighted by atomic mass is 10.1. The van der Waals surface area contributed by atoms with Gasteiger partial charge in [-0.15, -0.1) is 0 Å². The summed E-state index contributed by atoms with van der Waals surface area (Å²) in [4.78, 5) is 24.1. The van der Waals surface area contributed by atoms with Crippen molar-refractivity contribution in [3.8, 4) is 11.5 Å². The molecule has 0 saturated heterocycles. The second kappa shape index (κ2) is 7.56. The number of hydrogen-bond acceptors (Lipinski definition) is 4. The van der Waals surface area contributed by atoms with Crippen LogP contribution in [-0.4, -0.2) is 31.7 Å². The summed E-state index contributed by atoms with van der Waals surface area (Å²) < 4.78 is 48.0. The highest BCUT2D eigenvalue weighted by Crippen LogP contribution is 2.35. The molecule has 0 bridgehead atoms. The number of alkyl halides is 3. The third-order valence-electron chi connectivity index (χ3n) is 3.81. The molecule has 0 fully saturated rings. The minimum absolute atomic E-state index is 0.0445. The first-order valence-corrected chi connectivity index (χ1v) is 7.98. The maximum atomic E-state index is 12.5. The van der Waals surface area contributed by atoms with E-state index in [-0.39, 0.29) is 31.4 Å². The second-order valence-electron chi connectivity index (χ2n) is 5.63. The van der Waals surface area contributed by atoms with E-state index < -0.39 is 17.6 Å². The zero-order valence-corrected chi connectivity index (χ0v) is 13.9. The standard InChI is InChI=1S/C18H15F3N2O4/c19-18(20,21)12-6-4-11(5-7-12)16(24)22-8-9-23-17(25)13-2-1-3-14-15(13)27-10-26-14/h1-7H,8-10H2,(H,22,24)(H,23,25). The first kappa shape index (κ1) is 18.6. The molecule has 0 spiro atoms. The minimum atomic E-state index is -4.45. The van der Waals surface area contributed by atoms with Crippen LogP contribution < -0.4 is 20.1 Å². The van der Waals surface area contributed by atoms with E-state index in [1.54, 1.807) is 18.2 Å². The van der Waals surface area contributed by atoms with E-state index in [2.05, 4.69) is 10.6 Å². The summed E-state index contributed by atoms with van der Waals surface area (Å²) in [5.74, 6) is -0.0708. The summed E-state index contributed by atoms with van der Waals surface area (Å²) in [5.41, 5.74) is -0.410. The van der Waals surface area contributed by atoms with Crippen LogP contribution in [0.4, 0.5) is 13.2 Å². The van der Waals surface area contributed by atoms with Gasteiger partial charge in [0.2, 0.25) is 6.79 Å². The fraction of sp³-hybridized carbons (Fsp3) is 0.222. The maximum absolute atomic E-state index is 12.5. The molecular formula is C18H15F3N2O4. The van der Waals surface area contributed by atoms with Crippen molar-refractivity contribution < 1.29 is 32.2 Å². The SMILES string of the molecule is O=C(NCCNC(=O)c1cccc2c1OCO2)c1ccc(C(F)(F)F)cc1. The second-order valence-corrected chi connectivity index (χ2v) is 5.63. The van der Waals surface area contributed by atoms with Gasteiger partial charge in [-0.1, -0.05) is 6.07 Å². The van der Waals surface area contributed by atoms with Gasteiger partial charge in [-0.3, -0.25) is 9.59 Å². The third-order valence-corrected chi connectivity index (χ3v) is 3.81. The Kier molecular flexibility index (Phi) is 5.20. The molecule has 0 aliphatic carbocycles. The molecule has 0 radical (unpaired) electrons. The zero-order valence-electron chi connectivity index (χ0n) is 13.9. The molecule has 27 heavy (non-hydrogen) atoms. The highest BCUT2D eigenvalue weighted by atomic mass is 19.4. The van der Waals surface area contributed by atoms with E-state index in [1.807, 2.05) is 0 Å². The lowest BCUT2D eigenvalue weighted by molar-refractivity contribution is -0.137. The number of para-hydroxylation sites is 1. The molecule has 2 N–H and O–H groups in total. The molecule has 142 valence electrons. The molecule has 1 heterocycles. The number of benzene rings is 2. The fourth-order valence-electron chi connectivity index (χ4n) is 2.47. The molecule has 2 amide bonds. The number of ether oxygens (including phenoxy) is 2. The highest BCUT2D eigenvalue weighted by Gasteiger charge is 2.30. The van der Waals surface area contributed by atoms with E-state index in [4.69, 9.17) is 9.47 Å². The van der Waals surface area contributed by atoms with Crippen molar-refractivity contribution in [1.82, 2.24) is 10.6 Å². The summed E-state index contributed by atoms with van der Waals surface area (Å²) in [7, 11) is 0. The van der Waals surface area contributed by atoms with Gasteiger partial charge in [-0.25, -0.2) is 0 Å². The third kappa shape index (κ3) is 4.30. The molecule has 2 aromatic carbocycles. The number of carbonyl (C=O) groups excluding carboxylic acids is 2. The predicted octanol–water partition coefficient (Wildman–Crippen LogP) is 2.59. The van der Waals surface area contributed by atoms with Crippen LogP contribution in [0.1, 0.15) is 26.3 Å². The lowest BCUT2D eigenvalue weighted by Gasteiger charge is -2.10. The van der Waals surface area contributed by atoms with Crippen LogP contribution >= 0.6 is 0 Å². The van der Waals surface area contributed by atoms with E-state index in [0.717, 1.165) is 24.3 Å². The summed E-state index contributed by atoms with van der Waals surface area (Å²) in [6.07, 6.45) is -4.45. The first-order valence-electron chi connectivity index (χ1n) is 7.98. The molecule has 2 aromatic rings. The number of rotatable bonds is 5. The van der Waals surface area contributed by atoms with Crippen LogP contribution in [0.3, 0.4) is 0 Å².